The number of rotatable bonds is 17. The standard InChI is InChI=1S/C18H40N2.C2H4O2/c1-2-3-4-5-6-7-8-9-10-11-12-13-14-15-16-17-18-20-19;1-2(3)4/h20H,2-19H2,1H3;1H3,(H,3,4)/p-1. The second-order valence-corrected chi connectivity index (χ2v) is 6.75. The van der Waals surface area contributed by atoms with Crippen molar-refractivity contribution in [2.45, 2.75) is 117 Å². The number of aliphatic carboxylic acids is 1. The van der Waals surface area contributed by atoms with Crippen molar-refractivity contribution in [3.63, 3.8) is 0 Å². The van der Waals surface area contributed by atoms with Crippen molar-refractivity contribution >= 4 is 5.97 Å². The van der Waals surface area contributed by atoms with Crippen LogP contribution in [0.3, 0.4) is 0 Å². The molecule has 0 heterocycles. The number of nitrogens with two attached hydrogens (primary N) is 1. The zero-order chi connectivity index (χ0) is 18.3. The Hall–Kier alpha value is -0.610. The van der Waals surface area contributed by atoms with Gasteiger partial charge in [0.1, 0.15) is 0 Å². The Morgan fingerprint density at radius 1 is 0.708 bits per heavy atom. The number of carboxylic acids is 1. The molecule has 0 aliphatic carbocycles. The van der Waals surface area contributed by atoms with Crippen molar-refractivity contribution in [3.05, 3.63) is 0 Å². The third kappa shape index (κ3) is 33.1. The van der Waals surface area contributed by atoms with Crippen LogP contribution >= 0.6 is 0 Å². The molecular formula is C20H43N2O2-. The van der Waals surface area contributed by atoms with Crippen LogP contribution in [0.2, 0.25) is 0 Å². The zero-order valence-corrected chi connectivity index (χ0v) is 16.4. The van der Waals surface area contributed by atoms with Gasteiger partial charge in [-0.1, -0.05) is 103 Å². The first-order chi connectivity index (χ1) is 11.6. The predicted octanol–water partition coefficient (Wildman–Crippen LogP) is 4.47. The lowest BCUT2D eigenvalue weighted by Crippen LogP contribution is -2.22. The molecule has 0 aromatic carbocycles. The molecule has 0 fully saturated rings. The Bertz CT molecular complexity index is 214. The number of carboxylic acid groups (broad SMARTS) is 1. The maximum Gasteiger partial charge on any atom is 0.0383 e. The SMILES string of the molecule is CC(=O)[O-].CCCCCCCCCCCCCCCCCCNN. The highest BCUT2D eigenvalue weighted by Gasteiger charge is 1.94. The van der Waals surface area contributed by atoms with Gasteiger partial charge in [-0.2, -0.15) is 0 Å². The van der Waals surface area contributed by atoms with Crippen molar-refractivity contribution in [1.82, 2.24) is 5.43 Å². The minimum Gasteiger partial charge on any atom is -0.550 e. The summed E-state index contributed by atoms with van der Waals surface area (Å²) in [6.07, 6.45) is 22.8. The summed E-state index contributed by atoms with van der Waals surface area (Å²) >= 11 is 0. The van der Waals surface area contributed by atoms with Crippen molar-refractivity contribution < 1.29 is 9.90 Å². The average molecular weight is 344 g/mol. The molecular weight excluding hydrogens is 300 g/mol. The molecule has 0 saturated carbocycles. The van der Waals surface area contributed by atoms with Crippen LogP contribution in [0.15, 0.2) is 0 Å². The largest absolute Gasteiger partial charge is 0.550 e. The van der Waals surface area contributed by atoms with E-state index in [1.165, 1.54) is 103 Å². The molecule has 0 bridgehead atoms. The fourth-order valence-corrected chi connectivity index (χ4v) is 2.78. The highest BCUT2D eigenvalue weighted by atomic mass is 16.4. The number of unbranched alkanes of at least 4 members (excludes halogenated alkanes) is 15. The van der Waals surface area contributed by atoms with Gasteiger partial charge in [0.25, 0.3) is 0 Å². The molecule has 0 saturated heterocycles. The van der Waals surface area contributed by atoms with Gasteiger partial charge in [-0.25, -0.2) is 0 Å². The monoisotopic (exact) mass is 343 g/mol. The molecule has 0 aliphatic rings. The summed E-state index contributed by atoms with van der Waals surface area (Å²) in [5.41, 5.74) is 2.72. The number of nitrogens with one attached hydrogen (secondary N) is 1. The topological polar surface area (TPSA) is 78.2 Å². The van der Waals surface area contributed by atoms with E-state index in [2.05, 4.69) is 12.3 Å². The lowest BCUT2D eigenvalue weighted by Gasteiger charge is -2.03. The number of hydrazine groups is 1. The number of carbonyl (C=O) groups excluding carboxylic acids is 1. The summed E-state index contributed by atoms with van der Waals surface area (Å²) in [6.45, 7) is 4.23. The molecule has 0 amide bonds. The number of carbonyl (C=O) groups is 1. The molecule has 0 aliphatic heterocycles. The van der Waals surface area contributed by atoms with Crippen LogP contribution in [0.25, 0.3) is 0 Å². The molecule has 4 heteroatoms. The first-order valence-electron chi connectivity index (χ1n) is 10.3. The summed E-state index contributed by atoms with van der Waals surface area (Å²) in [5.74, 6) is 4.16. The van der Waals surface area contributed by atoms with Gasteiger partial charge in [-0.3, -0.25) is 11.3 Å². The van der Waals surface area contributed by atoms with Crippen LogP contribution < -0.4 is 16.4 Å². The third-order valence-electron chi connectivity index (χ3n) is 4.17. The van der Waals surface area contributed by atoms with E-state index in [9.17, 15) is 0 Å². The number of hydrogen-bond donors (Lipinski definition) is 2. The minimum atomic E-state index is -1.08. The highest BCUT2D eigenvalue weighted by Crippen LogP contribution is 2.13. The van der Waals surface area contributed by atoms with E-state index in [0.717, 1.165) is 13.5 Å². The van der Waals surface area contributed by atoms with E-state index >= 15 is 0 Å². The molecule has 0 unspecified atom stereocenters. The number of hydrogen-bond acceptors (Lipinski definition) is 4. The fourth-order valence-electron chi connectivity index (χ4n) is 2.78. The molecule has 3 N–H and O–H groups in total. The molecule has 0 rings (SSSR count). The van der Waals surface area contributed by atoms with E-state index < -0.39 is 5.97 Å². The van der Waals surface area contributed by atoms with Crippen molar-refractivity contribution in [3.8, 4) is 0 Å². The van der Waals surface area contributed by atoms with E-state index in [1.807, 2.05) is 0 Å². The molecule has 0 atom stereocenters. The van der Waals surface area contributed by atoms with Gasteiger partial charge in [0.2, 0.25) is 0 Å². The van der Waals surface area contributed by atoms with Gasteiger partial charge in [-0.15, -0.1) is 0 Å². The van der Waals surface area contributed by atoms with Gasteiger partial charge in [0.05, 0.1) is 0 Å². The molecule has 24 heavy (non-hydrogen) atoms. The fraction of sp³-hybridized carbons (Fsp3) is 0.950. The normalized spacial score (nSPS) is 10.3. The lowest BCUT2D eigenvalue weighted by atomic mass is 10.0. The van der Waals surface area contributed by atoms with Crippen molar-refractivity contribution in [2.75, 3.05) is 6.54 Å². The van der Waals surface area contributed by atoms with E-state index in [0.29, 0.717) is 0 Å². The van der Waals surface area contributed by atoms with Crippen LogP contribution in [0, 0.1) is 0 Å². The second-order valence-electron chi connectivity index (χ2n) is 6.75. The molecule has 0 aromatic rings. The molecule has 0 spiro atoms. The first-order valence-corrected chi connectivity index (χ1v) is 10.3. The van der Waals surface area contributed by atoms with Gasteiger partial charge in [0.15, 0.2) is 0 Å². The molecule has 146 valence electrons. The summed E-state index contributed by atoms with van der Waals surface area (Å²) in [4.78, 5) is 8.89. The maximum absolute atomic E-state index is 8.89. The zero-order valence-electron chi connectivity index (χ0n) is 16.4. The third-order valence-corrected chi connectivity index (χ3v) is 4.17. The lowest BCUT2D eigenvalue weighted by molar-refractivity contribution is -0.302. The van der Waals surface area contributed by atoms with Crippen LogP contribution in [-0.2, 0) is 4.79 Å². The Morgan fingerprint density at radius 2 is 0.958 bits per heavy atom. The predicted molar refractivity (Wildman–Crippen MR) is 102 cm³/mol. The van der Waals surface area contributed by atoms with E-state index in [-0.39, 0.29) is 0 Å². The molecule has 0 radical (unpaired) electrons. The summed E-state index contributed by atoms with van der Waals surface area (Å²) in [7, 11) is 0. The molecule has 0 aromatic heterocycles. The Labute approximate surface area is 150 Å². The van der Waals surface area contributed by atoms with Crippen LogP contribution in [0.1, 0.15) is 117 Å². The van der Waals surface area contributed by atoms with Gasteiger partial charge < -0.3 is 9.90 Å². The quantitative estimate of drug-likeness (QED) is 0.232. The molecule has 4 nitrogen and oxygen atoms in total. The van der Waals surface area contributed by atoms with Crippen molar-refractivity contribution in [1.29, 1.82) is 0 Å². The average Bonchev–Trinajstić information content (AvgIpc) is 2.54. The van der Waals surface area contributed by atoms with E-state index in [4.69, 9.17) is 15.7 Å². The summed E-state index contributed by atoms with van der Waals surface area (Å²) in [6, 6.07) is 0. The van der Waals surface area contributed by atoms with Gasteiger partial charge in [-0.05, 0) is 13.3 Å². The summed E-state index contributed by atoms with van der Waals surface area (Å²) in [5, 5.41) is 8.89. The Morgan fingerprint density at radius 3 is 1.21 bits per heavy atom. The maximum atomic E-state index is 8.89. The van der Waals surface area contributed by atoms with Crippen LogP contribution in [-0.4, -0.2) is 12.5 Å². The van der Waals surface area contributed by atoms with Gasteiger partial charge in [0, 0.05) is 12.5 Å². The van der Waals surface area contributed by atoms with Crippen LogP contribution in [0.4, 0.5) is 0 Å². The van der Waals surface area contributed by atoms with E-state index in [1.54, 1.807) is 0 Å². The highest BCUT2D eigenvalue weighted by molar-refractivity contribution is 5.60. The Kier molecular flexibility index (Phi) is 26.3. The smallest absolute Gasteiger partial charge is 0.0383 e. The van der Waals surface area contributed by atoms with Gasteiger partial charge >= 0.3 is 0 Å². The van der Waals surface area contributed by atoms with Crippen molar-refractivity contribution in [2.24, 2.45) is 5.84 Å². The Balaban J connectivity index is 0. The van der Waals surface area contributed by atoms with Crippen LogP contribution in [0.5, 0.6) is 0 Å². The minimum absolute atomic E-state index is 0.971. The second kappa shape index (κ2) is 24.6. The first kappa shape index (κ1) is 25.6. The summed E-state index contributed by atoms with van der Waals surface area (Å²) < 4.78 is 0.